The van der Waals surface area contributed by atoms with Gasteiger partial charge in [-0.05, 0) is 24.3 Å². The fraction of sp³-hybridized carbons (Fsp3) is 0.267. The molecule has 106 valence electrons. The van der Waals surface area contributed by atoms with Crippen LogP contribution in [-0.2, 0) is 11.3 Å². The van der Waals surface area contributed by atoms with E-state index in [1.54, 1.807) is 25.5 Å². The first-order valence-corrected chi connectivity index (χ1v) is 6.34. The first-order chi connectivity index (χ1) is 9.79. The lowest BCUT2D eigenvalue weighted by Gasteiger charge is -2.10. The van der Waals surface area contributed by atoms with Gasteiger partial charge in [0.25, 0.3) is 0 Å². The second kappa shape index (κ2) is 7.23. The molecular formula is C15H17NO4. The van der Waals surface area contributed by atoms with Gasteiger partial charge in [-0.25, -0.2) is 0 Å². The number of hydrogen-bond acceptors (Lipinski definition) is 4. The molecule has 0 saturated heterocycles. The Balaban J connectivity index is 1.71. The van der Waals surface area contributed by atoms with E-state index in [4.69, 9.17) is 13.9 Å². The van der Waals surface area contributed by atoms with Gasteiger partial charge in [0.1, 0.15) is 5.76 Å². The van der Waals surface area contributed by atoms with Gasteiger partial charge in [0.05, 0.1) is 32.9 Å². The SMILES string of the molecule is COc1ccccc1OCCC(=O)NCc1ccco1. The number of carbonyl (C=O) groups is 1. The molecule has 0 atom stereocenters. The molecule has 1 amide bonds. The maximum atomic E-state index is 11.6. The maximum absolute atomic E-state index is 11.6. The molecule has 0 unspecified atom stereocenters. The topological polar surface area (TPSA) is 60.7 Å². The van der Waals surface area contributed by atoms with Gasteiger partial charge in [-0.1, -0.05) is 12.1 Å². The van der Waals surface area contributed by atoms with Crippen LogP contribution in [-0.4, -0.2) is 19.6 Å². The molecule has 5 heteroatoms. The van der Waals surface area contributed by atoms with Gasteiger partial charge in [-0.2, -0.15) is 0 Å². The Morgan fingerprint density at radius 2 is 2.00 bits per heavy atom. The molecule has 2 aromatic rings. The highest BCUT2D eigenvalue weighted by Gasteiger charge is 2.06. The van der Waals surface area contributed by atoms with E-state index in [-0.39, 0.29) is 12.3 Å². The first kappa shape index (κ1) is 14.0. The summed E-state index contributed by atoms with van der Waals surface area (Å²) in [5, 5.41) is 2.76. The third-order valence-electron chi connectivity index (χ3n) is 2.70. The van der Waals surface area contributed by atoms with E-state index in [0.29, 0.717) is 24.7 Å². The Morgan fingerprint density at radius 1 is 1.20 bits per heavy atom. The fourth-order valence-corrected chi connectivity index (χ4v) is 1.68. The number of methoxy groups -OCH3 is 1. The largest absolute Gasteiger partial charge is 0.493 e. The van der Waals surface area contributed by atoms with E-state index >= 15 is 0 Å². The summed E-state index contributed by atoms with van der Waals surface area (Å²) >= 11 is 0. The van der Waals surface area contributed by atoms with Crippen molar-refractivity contribution in [2.24, 2.45) is 0 Å². The summed E-state index contributed by atoms with van der Waals surface area (Å²) in [5.41, 5.74) is 0. The average molecular weight is 275 g/mol. The number of nitrogens with one attached hydrogen (secondary N) is 1. The predicted molar refractivity (Wildman–Crippen MR) is 73.7 cm³/mol. The van der Waals surface area contributed by atoms with Crippen LogP contribution in [0, 0.1) is 0 Å². The van der Waals surface area contributed by atoms with Gasteiger partial charge < -0.3 is 19.2 Å². The number of benzene rings is 1. The molecule has 1 heterocycles. The third kappa shape index (κ3) is 4.05. The second-order valence-corrected chi connectivity index (χ2v) is 4.11. The number of ether oxygens (including phenoxy) is 2. The van der Waals surface area contributed by atoms with Crippen molar-refractivity contribution in [1.82, 2.24) is 5.32 Å². The zero-order valence-electron chi connectivity index (χ0n) is 11.3. The summed E-state index contributed by atoms with van der Waals surface area (Å²) in [6, 6.07) is 10.9. The number of hydrogen-bond donors (Lipinski definition) is 1. The number of carbonyl (C=O) groups excluding carboxylic acids is 1. The summed E-state index contributed by atoms with van der Waals surface area (Å²) in [6.45, 7) is 0.685. The molecule has 0 radical (unpaired) electrons. The summed E-state index contributed by atoms with van der Waals surface area (Å²) in [7, 11) is 1.58. The third-order valence-corrected chi connectivity index (χ3v) is 2.70. The van der Waals surface area contributed by atoms with Gasteiger partial charge in [0.15, 0.2) is 11.5 Å². The molecule has 0 aliphatic rings. The van der Waals surface area contributed by atoms with Crippen LogP contribution in [0.15, 0.2) is 47.1 Å². The van der Waals surface area contributed by atoms with Gasteiger partial charge in [0.2, 0.25) is 5.91 Å². The van der Waals surface area contributed by atoms with Crippen molar-refractivity contribution in [3.63, 3.8) is 0 Å². The van der Waals surface area contributed by atoms with E-state index in [0.717, 1.165) is 5.76 Å². The molecule has 1 aromatic carbocycles. The van der Waals surface area contributed by atoms with Crippen molar-refractivity contribution in [3.05, 3.63) is 48.4 Å². The number of amides is 1. The summed E-state index contributed by atoms with van der Waals surface area (Å²) in [4.78, 5) is 11.6. The van der Waals surface area contributed by atoms with Crippen LogP contribution in [0.3, 0.4) is 0 Å². The molecule has 20 heavy (non-hydrogen) atoms. The molecular weight excluding hydrogens is 258 g/mol. The van der Waals surface area contributed by atoms with Crippen molar-refractivity contribution < 1.29 is 18.7 Å². The van der Waals surface area contributed by atoms with Gasteiger partial charge >= 0.3 is 0 Å². The summed E-state index contributed by atoms with van der Waals surface area (Å²) < 4.78 is 15.8. The summed E-state index contributed by atoms with van der Waals surface area (Å²) in [6.07, 6.45) is 1.85. The van der Waals surface area contributed by atoms with Crippen LogP contribution in [0.1, 0.15) is 12.2 Å². The molecule has 2 rings (SSSR count). The quantitative estimate of drug-likeness (QED) is 0.842. The molecule has 0 aliphatic heterocycles. The highest BCUT2D eigenvalue weighted by Crippen LogP contribution is 2.25. The zero-order chi connectivity index (χ0) is 14.2. The molecule has 1 aromatic heterocycles. The van der Waals surface area contributed by atoms with Crippen molar-refractivity contribution in [2.75, 3.05) is 13.7 Å². The van der Waals surface area contributed by atoms with Crippen molar-refractivity contribution in [1.29, 1.82) is 0 Å². The first-order valence-electron chi connectivity index (χ1n) is 6.34. The number of furan rings is 1. The minimum atomic E-state index is -0.0868. The molecule has 0 saturated carbocycles. The normalized spacial score (nSPS) is 10.1. The van der Waals surface area contributed by atoms with Crippen molar-refractivity contribution in [3.8, 4) is 11.5 Å². The van der Waals surface area contributed by atoms with Crippen molar-refractivity contribution in [2.45, 2.75) is 13.0 Å². The minimum Gasteiger partial charge on any atom is -0.493 e. The predicted octanol–water partition coefficient (Wildman–Crippen LogP) is 2.37. The van der Waals surface area contributed by atoms with E-state index < -0.39 is 0 Å². The average Bonchev–Trinajstić information content (AvgIpc) is 2.99. The van der Waals surface area contributed by atoms with Crippen LogP contribution in [0.4, 0.5) is 0 Å². The lowest BCUT2D eigenvalue weighted by atomic mass is 10.3. The molecule has 5 nitrogen and oxygen atoms in total. The molecule has 0 aliphatic carbocycles. The molecule has 0 spiro atoms. The van der Waals surface area contributed by atoms with E-state index in [2.05, 4.69) is 5.32 Å². The zero-order valence-corrected chi connectivity index (χ0v) is 11.3. The van der Waals surface area contributed by atoms with Gasteiger partial charge in [-0.3, -0.25) is 4.79 Å². The lowest BCUT2D eigenvalue weighted by Crippen LogP contribution is -2.24. The Hall–Kier alpha value is -2.43. The number of rotatable bonds is 7. The Bertz CT molecular complexity index is 537. The maximum Gasteiger partial charge on any atom is 0.223 e. The standard InChI is InChI=1S/C15H17NO4/c1-18-13-6-2-3-7-14(13)20-10-8-15(17)16-11-12-5-4-9-19-12/h2-7,9H,8,10-11H2,1H3,(H,16,17). The lowest BCUT2D eigenvalue weighted by molar-refractivity contribution is -0.121. The van der Waals surface area contributed by atoms with Crippen molar-refractivity contribution >= 4 is 5.91 Å². The van der Waals surface area contributed by atoms with Crippen LogP contribution < -0.4 is 14.8 Å². The Kier molecular flexibility index (Phi) is 5.06. The van der Waals surface area contributed by atoms with Crippen LogP contribution in [0.25, 0.3) is 0 Å². The molecule has 1 N–H and O–H groups in total. The monoisotopic (exact) mass is 275 g/mol. The van der Waals surface area contributed by atoms with E-state index in [1.165, 1.54) is 0 Å². The molecule has 0 bridgehead atoms. The van der Waals surface area contributed by atoms with Gasteiger partial charge in [-0.15, -0.1) is 0 Å². The minimum absolute atomic E-state index is 0.0868. The molecule has 0 fully saturated rings. The van der Waals surface area contributed by atoms with Crippen LogP contribution >= 0.6 is 0 Å². The number of para-hydroxylation sites is 2. The second-order valence-electron chi connectivity index (χ2n) is 4.11. The van der Waals surface area contributed by atoms with E-state index in [1.807, 2.05) is 24.3 Å². The Morgan fingerprint density at radius 3 is 2.70 bits per heavy atom. The summed E-state index contributed by atoms with van der Waals surface area (Å²) in [5.74, 6) is 1.93. The highest BCUT2D eigenvalue weighted by atomic mass is 16.5. The van der Waals surface area contributed by atoms with Crippen LogP contribution in [0.2, 0.25) is 0 Å². The fourth-order valence-electron chi connectivity index (χ4n) is 1.68. The van der Waals surface area contributed by atoms with Crippen LogP contribution in [0.5, 0.6) is 11.5 Å². The van der Waals surface area contributed by atoms with E-state index in [9.17, 15) is 4.79 Å². The Labute approximate surface area is 117 Å². The smallest absolute Gasteiger partial charge is 0.223 e. The highest BCUT2D eigenvalue weighted by molar-refractivity contribution is 5.75. The van der Waals surface area contributed by atoms with Gasteiger partial charge in [0, 0.05) is 0 Å².